The minimum absolute atomic E-state index is 0.0277. The lowest BCUT2D eigenvalue weighted by molar-refractivity contribution is 0.0696. The third-order valence-electron chi connectivity index (χ3n) is 3.35. The summed E-state index contributed by atoms with van der Waals surface area (Å²) in [5.41, 5.74) is 1.78. The average molecular weight is 440 g/mol. The second-order valence-corrected chi connectivity index (χ2v) is 7.06. The highest BCUT2D eigenvalue weighted by Crippen LogP contribution is 2.13. The van der Waals surface area contributed by atoms with Crippen molar-refractivity contribution in [2.24, 2.45) is 5.92 Å². The minimum Gasteiger partial charge on any atom is -0.478 e. The van der Waals surface area contributed by atoms with E-state index in [0.29, 0.717) is 0 Å². The van der Waals surface area contributed by atoms with E-state index in [1.165, 1.54) is 40.7 Å². The summed E-state index contributed by atoms with van der Waals surface area (Å²) in [4.78, 5) is 21.2. The summed E-state index contributed by atoms with van der Waals surface area (Å²) >= 11 is 2.33. The van der Waals surface area contributed by atoms with Crippen molar-refractivity contribution in [2.45, 2.75) is 27.2 Å². The molecule has 24 heavy (non-hydrogen) atoms. The average Bonchev–Trinajstić information content (AvgIpc) is 2.49. The summed E-state index contributed by atoms with van der Waals surface area (Å²) in [5.74, 6) is -1.46. The van der Waals surface area contributed by atoms with Crippen LogP contribution < -0.4 is 0 Å². The molecular formula is C19H21IO4. The molecule has 128 valence electrons. The standard InChI is InChI=1S/C10H13I.C9H8O4/c1-8(2)7-9-3-5-10(11)6-4-9;1-5-6(8(10)11)3-2-4-7(5)9(12)13/h3-6,8H,7H2,1-2H3;2-4H,1H3,(H,10,11)(H,12,13). The Morgan fingerprint density at radius 2 is 1.42 bits per heavy atom. The topological polar surface area (TPSA) is 74.6 Å². The van der Waals surface area contributed by atoms with Crippen LogP contribution in [-0.2, 0) is 6.42 Å². The van der Waals surface area contributed by atoms with Crippen molar-refractivity contribution in [3.8, 4) is 0 Å². The zero-order valence-corrected chi connectivity index (χ0v) is 16.1. The van der Waals surface area contributed by atoms with Gasteiger partial charge in [-0.3, -0.25) is 0 Å². The zero-order chi connectivity index (χ0) is 18.3. The second kappa shape index (κ2) is 9.42. The number of benzene rings is 2. The molecular weight excluding hydrogens is 419 g/mol. The maximum Gasteiger partial charge on any atom is 0.335 e. The predicted octanol–water partition coefficient (Wildman–Crippen LogP) is 4.88. The van der Waals surface area contributed by atoms with Gasteiger partial charge in [-0.15, -0.1) is 0 Å². The molecule has 0 atom stereocenters. The van der Waals surface area contributed by atoms with Gasteiger partial charge in [0.15, 0.2) is 0 Å². The molecule has 0 heterocycles. The molecule has 0 aliphatic heterocycles. The van der Waals surface area contributed by atoms with Gasteiger partial charge in [0.2, 0.25) is 0 Å². The first-order chi connectivity index (χ1) is 11.2. The zero-order valence-electron chi connectivity index (χ0n) is 13.9. The summed E-state index contributed by atoms with van der Waals surface area (Å²) in [6.07, 6.45) is 1.19. The smallest absolute Gasteiger partial charge is 0.335 e. The van der Waals surface area contributed by atoms with Crippen molar-refractivity contribution < 1.29 is 19.8 Å². The van der Waals surface area contributed by atoms with Gasteiger partial charge in [-0.25, -0.2) is 9.59 Å². The Bertz CT molecular complexity index is 674. The maximum absolute atomic E-state index is 10.6. The van der Waals surface area contributed by atoms with Gasteiger partial charge in [0, 0.05) is 3.57 Å². The molecule has 4 nitrogen and oxygen atoms in total. The highest BCUT2D eigenvalue weighted by atomic mass is 127. The first-order valence-electron chi connectivity index (χ1n) is 7.53. The van der Waals surface area contributed by atoms with Gasteiger partial charge in [0.05, 0.1) is 11.1 Å². The molecule has 0 aromatic heterocycles. The third kappa shape index (κ3) is 6.31. The van der Waals surface area contributed by atoms with E-state index in [-0.39, 0.29) is 16.7 Å². The Kier molecular flexibility index (Phi) is 7.91. The molecule has 2 N–H and O–H groups in total. The summed E-state index contributed by atoms with van der Waals surface area (Å²) in [5, 5.41) is 17.4. The number of hydrogen-bond donors (Lipinski definition) is 2. The predicted molar refractivity (Wildman–Crippen MR) is 103 cm³/mol. The van der Waals surface area contributed by atoms with Crippen LogP contribution in [0.25, 0.3) is 0 Å². The number of hydrogen-bond acceptors (Lipinski definition) is 2. The molecule has 2 aromatic carbocycles. The van der Waals surface area contributed by atoms with Gasteiger partial charge in [0.25, 0.3) is 0 Å². The molecule has 0 unspecified atom stereocenters. The minimum atomic E-state index is -1.11. The van der Waals surface area contributed by atoms with Crippen molar-refractivity contribution in [3.63, 3.8) is 0 Å². The van der Waals surface area contributed by atoms with Crippen molar-refractivity contribution >= 4 is 34.5 Å². The maximum atomic E-state index is 10.6. The normalized spacial score (nSPS) is 10.0. The van der Waals surface area contributed by atoms with Crippen LogP contribution in [0.2, 0.25) is 0 Å². The Morgan fingerprint density at radius 1 is 0.958 bits per heavy atom. The molecule has 0 radical (unpaired) electrons. The molecule has 0 fully saturated rings. The fraction of sp³-hybridized carbons (Fsp3) is 0.263. The highest BCUT2D eigenvalue weighted by molar-refractivity contribution is 14.1. The Balaban J connectivity index is 0.000000243. The number of aromatic carboxylic acids is 2. The third-order valence-corrected chi connectivity index (χ3v) is 4.07. The quantitative estimate of drug-likeness (QED) is 0.665. The van der Waals surface area contributed by atoms with Crippen LogP contribution in [0, 0.1) is 16.4 Å². The number of halogens is 1. The monoisotopic (exact) mass is 440 g/mol. The summed E-state index contributed by atoms with van der Waals surface area (Å²) in [6.45, 7) is 5.98. The molecule has 0 saturated carbocycles. The van der Waals surface area contributed by atoms with Crippen molar-refractivity contribution in [1.82, 2.24) is 0 Å². The van der Waals surface area contributed by atoms with Crippen molar-refractivity contribution in [2.75, 3.05) is 0 Å². The van der Waals surface area contributed by atoms with Crippen LogP contribution >= 0.6 is 22.6 Å². The molecule has 5 heteroatoms. The van der Waals surface area contributed by atoms with Crippen molar-refractivity contribution in [1.29, 1.82) is 0 Å². The molecule has 2 rings (SSSR count). The summed E-state index contributed by atoms with van der Waals surface area (Å²) in [7, 11) is 0. The van der Waals surface area contributed by atoms with Crippen LogP contribution in [0.5, 0.6) is 0 Å². The van der Waals surface area contributed by atoms with Gasteiger partial charge in [-0.2, -0.15) is 0 Å². The largest absolute Gasteiger partial charge is 0.478 e. The first kappa shape index (κ1) is 20.2. The van der Waals surface area contributed by atoms with Crippen LogP contribution in [0.4, 0.5) is 0 Å². The summed E-state index contributed by atoms with van der Waals surface area (Å²) < 4.78 is 1.31. The van der Waals surface area contributed by atoms with Gasteiger partial charge in [-0.1, -0.05) is 32.0 Å². The molecule has 0 bridgehead atoms. The fourth-order valence-electron chi connectivity index (χ4n) is 2.19. The van der Waals surface area contributed by atoms with Crippen LogP contribution in [0.3, 0.4) is 0 Å². The summed E-state index contributed by atoms with van der Waals surface area (Å²) in [6, 6.07) is 12.9. The first-order valence-corrected chi connectivity index (χ1v) is 8.61. The Hall–Kier alpha value is -1.89. The van der Waals surface area contributed by atoms with E-state index in [0.717, 1.165) is 5.92 Å². The highest BCUT2D eigenvalue weighted by Gasteiger charge is 2.13. The van der Waals surface area contributed by atoms with Crippen LogP contribution in [-0.4, -0.2) is 22.2 Å². The van der Waals surface area contributed by atoms with E-state index in [1.54, 1.807) is 0 Å². The fourth-order valence-corrected chi connectivity index (χ4v) is 2.55. The molecule has 0 aliphatic carbocycles. The number of carboxylic acid groups (broad SMARTS) is 2. The molecule has 0 saturated heterocycles. The van der Waals surface area contributed by atoms with Gasteiger partial charge in [0.1, 0.15) is 0 Å². The van der Waals surface area contributed by atoms with Gasteiger partial charge >= 0.3 is 11.9 Å². The van der Waals surface area contributed by atoms with E-state index in [2.05, 4.69) is 60.7 Å². The Labute approximate surface area is 155 Å². The van der Waals surface area contributed by atoms with E-state index < -0.39 is 11.9 Å². The molecule has 2 aromatic rings. The van der Waals surface area contributed by atoms with Gasteiger partial charge < -0.3 is 10.2 Å². The number of carboxylic acids is 2. The van der Waals surface area contributed by atoms with Crippen LogP contribution in [0.15, 0.2) is 42.5 Å². The lowest BCUT2D eigenvalue weighted by Gasteiger charge is -2.03. The van der Waals surface area contributed by atoms with Crippen LogP contribution in [0.1, 0.15) is 45.7 Å². The molecule has 0 amide bonds. The lowest BCUT2D eigenvalue weighted by Crippen LogP contribution is -2.06. The number of carbonyl (C=O) groups is 2. The van der Waals surface area contributed by atoms with E-state index in [1.807, 2.05) is 0 Å². The SMILES string of the molecule is CC(C)Cc1ccc(I)cc1.Cc1c(C(=O)O)cccc1C(=O)O. The molecule has 0 spiro atoms. The Morgan fingerprint density at radius 3 is 1.79 bits per heavy atom. The van der Waals surface area contributed by atoms with E-state index in [9.17, 15) is 9.59 Å². The number of rotatable bonds is 4. The van der Waals surface area contributed by atoms with Gasteiger partial charge in [-0.05, 0) is 77.2 Å². The second-order valence-electron chi connectivity index (χ2n) is 5.81. The molecule has 0 aliphatic rings. The van der Waals surface area contributed by atoms with Crippen molar-refractivity contribution in [3.05, 3.63) is 68.3 Å². The lowest BCUT2D eigenvalue weighted by atomic mass is 10.0. The van der Waals surface area contributed by atoms with E-state index >= 15 is 0 Å². The van der Waals surface area contributed by atoms with E-state index in [4.69, 9.17) is 10.2 Å².